The summed E-state index contributed by atoms with van der Waals surface area (Å²) in [5.74, 6) is -0.634. The Kier molecular flexibility index (Phi) is 3.52. The first-order valence-electron chi connectivity index (χ1n) is 5.23. The molecule has 0 aliphatic carbocycles. The van der Waals surface area contributed by atoms with Gasteiger partial charge in [-0.1, -0.05) is 12.1 Å². The molecular formula is C13H10FNO3. The fourth-order valence-electron chi connectivity index (χ4n) is 1.44. The van der Waals surface area contributed by atoms with Gasteiger partial charge in [0.25, 0.3) is 0 Å². The molecule has 0 fully saturated rings. The molecule has 0 bridgehead atoms. The van der Waals surface area contributed by atoms with Gasteiger partial charge in [0.05, 0.1) is 12.6 Å². The van der Waals surface area contributed by atoms with E-state index in [1.54, 1.807) is 24.3 Å². The molecule has 0 unspecified atom stereocenters. The second kappa shape index (κ2) is 5.27. The number of nitrogens with zero attached hydrogens (tertiary/aromatic N) is 1. The van der Waals surface area contributed by atoms with Crippen LogP contribution in [0.1, 0.15) is 5.56 Å². The summed E-state index contributed by atoms with van der Waals surface area (Å²) in [6.45, 7) is 0. The van der Waals surface area contributed by atoms with Crippen molar-refractivity contribution in [1.82, 2.24) is 4.98 Å². The van der Waals surface area contributed by atoms with Gasteiger partial charge in [-0.05, 0) is 23.8 Å². The van der Waals surface area contributed by atoms with E-state index in [0.29, 0.717) is 11.3 Å². The zero-order valence-electron chi connectivity index (χ0n) is 9.34. The van der Waals surface area contributed by atoms with Gasteiger partial charge in [-0.2, -0.15) is 0 Å². The van der Waals surface area contributed by atoms with Crippen molar-refractivity contribution in [3.63, 3.8) is 0 Å². The number of rotatable bonds is 4. The van der Waals surface area contributed by atoms with Crippen LogP contribution in [-0.2, 0) is 11.2 Å². The largest absolute Gasteiger partial charge is 0.481 e. The first-order valence-corrected chi connectivity index (χ1v) is 5.23. The molecule has 4 nitrogen and oxygen atoms in total. The van der Waals surface area contributed by atoms with E-state index in [9.17, 15) is 9.18 Å². The quantitative estimate of drug-likeness (QED) is 0.902. The number of benzene rings is 1. The first kappa shape index (κ1) is 12.0. The minimum absolute atomic E-state index is 0.0754. The van der Waals surface area contributed by atoms with Gasteiger partial charge in [0.1, 0.15) is 11.6 Å². The lowest BCUT2D eigenvalue weighted by atomic mass is 10.1. The van der Waals surface area contributed by atoms with E-state index in [0.717, 1.165) is 6.20 Å². The van der Waals surface area contributed by atoms with Crippen LogP contribution < -0.4 is 4.74 Å². The predicted octanol–water partition coefficient (Wildman–Crippen LogP) is 2.64. The topological polar surface area (TPSA) is 59.4 Å². The normalized spacial score (nSPS) is 10.1. The van der Waals surface area contributed by atoms with Gasteiger partial charge in [-0.15, -0.1) is 0 Å². The minimum atomic E-state index is -0.910. The Bertz CT molecular complexity index is 554. The summed E-state index contributed by atoms with van der Waals surface area (Å²) in [5.41, 5.74) is 0.627. The van der Waals surface area contributed by atoms with E-state index < -0.39 is 11.8 Å². The van der Waals surface area contributed by atoms with Crippen LogP contribution >= 0.6 is 0 Å². The van der Waals surface area contributed by atoms with Crippen LogP contribution in [0.5, 0.6) is 11.6 Å². The van der Waals surface area contributed by atoms with Gasteiger partial charge in [0.15, 0.2) is 0 Å². The Balaban J connectivity index is 2.13. The summed E-state index contributed by atoms with van der Waals surface area (Å²) in [4.78, 5) is 14.3. The van der Waals surface area contributed by atoms with E-state index in [4.69, 9.17) is 9.84 Å². The molecule has 0 saturated carbocycles. The highest BCUT2D eigenvalue weighted by Gasteiger charge is 2.03. The Morgan fingerprint density at radius 3 is 2.83 bits per heavy atom. The van der Waals surface area contributed by atoms with Crippen LogP contribution in [0.4, 0.5) is 4.39 Å². The average Bonchev–Trinajstić information content (AvgIpc) is 2.32. The molecule has 0 aliphatic heterocycles. The summed E-state index contributed by atoms with van der Waals surface area (Å²) in [6.07, 6.45) is 0.977. The van der Waals surface area contributed by atoms with Crippen molar-refractivity contribution >= 4 is 5.97 Å². The number of aromatic nitrogens is 1. The molecule has 0 saturated heterocycles. The molecule has 0 amide bonds. The lowest BCUT2D eigenvalue weighted by Gasteiger charge is -2.05. The lowest BCUT2D eigenvalue weighted by Crippen LogP contribution is -2.00. The average molecular weight is 247 g/mol. The number of hydrogen-bond acceptors (Lipinski definition) is 3. The van der Waals surface area contributed by atoms with Crippen molar-refractivity contribution < 1.29 is 19.0 Å². The first-order chi connectivity index (χ1) is 8.63. The van der Waals surface area contributed by atoms with E-state index in [-0.39, 0.29) is 12.3 Å². The second-order valence-corrected chi connectivity index (χ2v) is 3.63. The van der Waals surface area contributed by atoms with Crippen molar-refractivity contribution in [2.45, 2.75) is 6.42 Å². The molecule has 5 heteroatoms. The summed E-state index contributed by atoms with van der Waals surface area (Å²) < 4.78 is 18.0. The van der Waals surface area contributed by atoms with Crippen molar-refractivity contribution in [3.8, 4) is 11.6 Å². The number of ether oxygens (including phenoxy) is 1. The van der Waals surface area contributed by atoms with Gasteiger partial charge in [0.2, 0.25) is 5.88 Å². The van der Waals surface area contributed by atoms with Gasteiger partial charge < -0.3 is 9.84 Å². The number of carbonyl (C=O) groups is 1. The molecule has 0 atom stereocenters. The SMILES string of the molecule is O=C(O)Cc1cccc(Oc2ccc(F)cn2)c1. The monoisotopic (exact) mass is 247 g/mol. The van der Waals surface area contributed by atoms with Gasteiger partial charge in [-0.3, -0.25) is 4.79 Å². The molecular weight excluding hydrogens is 237 g/mol. The Hall–Kier alpha value is -2.43. The molecule has 1 aromatic heterocycles. The van der Waals surface area contributed by atoms with Crippen LogP contribution in [0.25, 0.3) is 0 Å². The highest BCUT2D eigenvalue weighted by Crippen LogP contribution is 2.20. The smallest absolute Gasteiger partial charge is 0.307 e. The van der Waals surface area contributed by atoms with Crippen LogP contribution in [0, 0.1) is 5.82 Å². The van der Waals surface area contributed by atoms with Crippen molar-refractivity contribution in [2.24, 2.45) is 0 Å². The summed E-state index contributed by atoms with van der Waals surface area (Å²) in [5, 5.41) is 8.68. The molecule has 0 aliphatic rings. The maximum Gasteiger partial charge on any atom is 0.307 e. The van der Waals surface area contributed by atoms with Crippen molar-refractivity contribution in [3.05, 3.63) is 54.0 Å². The minimum Gasteiger partial charge on any atom is -0.481 e. The molecule has 1 N–H and O–H groups in total. The molecule has 0 radical (unpaired) electrons. The number of pyridine rings is 1. The van der Waals surface area contributed by atoms with Gasteiger partial charge in [-0.25, -0.2) is 9.37 Å². The third-order valence-electron chi connectivity index (χ3n) is 2.18. The van der Waals surface area contributed by atoms with Gasteiger partial charge in [0, 0.05) is 6.07 Å². The standard InChI is InChI=1S/C13H10FNO3/c14-10-4-5-12(15-8-10)18-11-3-1-2-9(6-11)7-13(16)17/h1-6,8H,7H2,(H,16,17). The fraction of sp³-hybridized carbons (Fsp3) is 0.0769. The summed E-state index contributed by atoms with van der Waals surface area (Å²) >= 11 is 0. The fourth-order valence-corrected chi connectivity index (χ4v) is 1.44. The Labute approximate surface area is 103 Å². The number of halogens is 1. The van der Waals surface area contributed by atoms with Crippen molar-refractivity contribution in [1.29, 1.82) is 0 Å². The maximum absolute atomic E-state index is 12.6. The highest BCUT2D eigenvalue weighted by atomic mass is 19.1. The van der Waals surface area contributed by atoms with Gasteiger partial charge >= 0.3 is 5.97 Å². The van der Waals surface area contributed by atoms with Crippen LogP contribution in [0.15, 0.2) is 42.6 Å². The molecule has 1 aromatic carbocycles. The molecule has 1 heterocycles. The van der Waals surface area contributed by atoms with E-state index >= 15 is 0 Å². The highest BCUT2D eigenvalue weighted by molar-refractivity contribution is 5.70. The third kappa shape index (κ3) is 3.28. The molecule has 0 spiro atoms. The number of hydrogen-bond donors (Lipinski definition) is 1. The van der Waals surface area contributed by atoms with E-state index in [2.05, 4.69) is 4.98 Å². The molecule has 2 rings (SSSR count). The molecule has 2 aromatic rings. The van der Waals surface area contributed by atoms with Crippen molar-refractivity contribution in [2.75, 3.05) is 0 Å². The number of carboxylic acids is 1. The van der Waals surface area contributed by atoms with Crippen LogP contribution in [0.2, 0.25) is 0 Å². The zero-order valence-corrected chi connectivity index (χ0v) is 9.34. The Morgan fingerprint density at radius 2 is 2.17 bits per heavy atom. The summed E-state index contributed by atoms with van der Waals surface area (Å²) in [7, 11) is 0. The van der Waals surface area contributed by atoms with Crippen LogP contribution in [0.3, 0.4) is 0 Å². The summed E-state index contributed by atoms with van der Waals surface area (Å²) in [6, 6.07) is 9.31. The predicted molar refractivity (Wildman–Crippen MR) is 62.1 cm³/mol. The lowest BCUT2D eigenvalue weighted by molar-refractivity contribution is -0.136. The number of carboxylic acid groups (broad SMARTS) is 1. The molecule has 92 valence electrons. The van der Waals surface area contributed by atoms with Crippen LogP contribution in [-0.4, -0.2) is 16.1 Å². The van der Waals surface area contributed by atoms with E-state index in [1.165, 1.54) is 12.1 Å². The second-order valence-electron chi connectivity index (χ2n) is 3.63. The maximum atomic E-state index is 12.6. The zero-order chi connectivity index (χ0) is 13.0. The molecule has 18 heavy (non-hydrogen) atoms. The Morgan fingerprint density at radius 1 is 1.33 bits per heavy atom. The van der Waals surface area contributed by atoms with E-state index in [1.807, 2.05) is 0 Å². The third-order valence-corrected chi connectivity index (χ3v) is 2.18. The number of aliphatic carboxylic acids is 1.